The molecule has 8 nitrogen and oxygen atoms in total. The van der Waals surface area contributed by atoms with Crippen molar-refractivity contribution in [3.63, 3.8) is 0 Å². The van der Waals surface area contributed by atoms with Crippen LogP contribution in [0.2, 0.25) is 0 Å². The maximum absolute atomic E-state index is 12.8. The van der Waals surface area contributed by atoms with Crippen molar-refractivity contribution in [2.45, 2.75) is 18.4 Å². The minimum atomic E-state index is -0.172. The van der Waals surface area contributed by atoms with E-state index in [4.69, 9.17) is 18.9 Å². The average molecular weight is 420 g/mol. The van der Waals surface area contributed by atoms with E-state index < -0.39 is 0 Å². The maximum atomic E-state index is 12.8. The highest BCUT2D eigenvalue weighted by atomic mass is 16.5. The summed E-state index contributed by atoms with van der Waals surface area (Å²) >= 11 is 0. The van der Waals surface area contributed by atoms with Gasteiger partial charge in [-0.15, -0.1) is 0 Å². The van der Waals surface area contributed by atoms with Crippen LogP contribution in [0.15, 0.2) is 40.8 Å². The molecule has 3 aliphatic heterocycles. The van der Waals surface area contributed by atoms with Crippen LogP contribution in [0.25, 0.3) is 11.1 Å². The number of hydrogen-bond acceptors (Lipinski definition) is 7. The van der Waals surface area contributed by atoms with E-state index in [9.17, 15) is 4.79 Å². The van der Waals surface area contributed by atoms with E-state index in [0.717, 1.165) is 56.1 Å². The van der Waals surface area contributed by atoms with Crippen molar-refractivity contribution in [2.75, 3.05) is 55.1 Å². The predicted octanol–water partition coefficient (Wildman–Crippen LogP) is 3.28. The van der Waals surface area contributed by atoms with Gasteiger partial charge >= 0.3 is 0 Å². The zero-order valence-corrected chi connectivity index (χ0v) is 17.4. The summed E-state index contributed by atoms with van der Waals surface area (Å²) in [6, 6.07) is 11.7. The van der Waals surface area contributed by atoms with Crippen LogP contribution in [0, 0.1) is 0 Å². The maximum Gasteiger partial charge on any atom is 0.298 e. The van der Waals surface area contributed by atoms with Gasteiger partial charge < -0.3 is 29.0 Å². The monoisotopic (exact) mass is 420 g/mol. The number of oxazole rings is 1. The van der Waals surface area contributed by atoms with Gasteiger partial charge in [0.2, 0.25) is 0 Å². The van der Waals surface area contributed by atoms with Gasteiger partial charge in [-0.3, -0.25) is 4.79 Å². The Morgan fingerprint density at radius 2 is 2.06 bits per heavy atom. The minimum Gasteiger partial charge on any atom is -0.490 e. The van der Waals surface area contributed by atoms with Crippen LogP contribution in [0.3, 0.4) is 0 Å². The average Bonchev–Trinajstić information content (AvgIpc) is 3.41. The molecular formula is C23H24N4O4. The normalized spacial score (nSPS) is 22.4. The Labute approximate surface area is 179 Å². The lowest BCUT2D eigenvalue weighted by molar-refractivity contribution is 0.102. The van der Waals surface area contributed by atoms with E-state index in [-0.39, 0.29) is 11.4 Å². The zero-order chi connectivity index (χ0) is 21.0. The van der Waals surface area contributed by atoms with Gasteiger partial charge in [-0.1, -0.05) is 0 Å². The number of hydrogen-bond donors (Lipinski definition) is 1. The van der Waals surface area contributed by atoms with Crippen LogP contribution in [0.1, 0.15) is 23.2 Å². The summed E-state index contributed by atoms with van der Waals surface area (Å²) in [5.74, 6) is 0.632. The largest absolute Gasteiger partial charge is 0.490 e. The van der Waals surface area contributed by atoms with Gasteiger partial charge in [0.1, 0.15) is 17.9 Å². The molecule has 1 aromatic heterocycles. The molecular weight excluding hydrogens is 396 g/mol. The molecule has 0 aliphatic carbocycles. The number of nitrogens with one attached hydrogen (secondary N) is 1. The summed E-state index contributed by atoms with van der Waals surface area (Å²) < 4.78 is 17.3. The molecule has 6 rings (SSSR count). The van der Waals surface area contributed by atoms with Gasteiger partial charge in [0.25, 0.3) is 11.9 Å². The van der Waals surface area contributed by atoms with E-state index in [1.165, 1.54) is 0 Å². The second-order valence-electron chi connectivity index (χ2n) is 8.51. The fourth-order valence-corrected chi connectivity index (χ4v) is 4.65. The van der Waals surface area contributed by atoms with Crippen LogP contribution < -0.4 is 19.9 Å². The number of aromatic nitrogens is 1. The van der Waals surface area contributed by atoms with Crippen molar-refractivity contribution < 1.29 is 18.7 Å². The van der Waals surface area contributed by atoms with Gasteiger partial charge in [-0.25, -0.2) is 0 Å². The Morgan fingerprint density at radius 1 is 1.13 bits per heavy atom. The van der Waals surface area contributed by atoms with E-state index in [2.05, 4.69) is 15.1 Å². The molecule has 1 amide bonds. The summed E-state index contributed by atoms with van der Waals surface area (Å²) in [5.41, 5.74) is 3.67. The standard InChI is InChI=1S/C23H24N4O4/c1-26-9-11-30-20-4-2-15(12-18(20)26)21(28)24-16-3-5-19-17(13-16)25-22(31-19)27-8-6-23(27)7-10-29-14-23/h2-5,12-13H,6-11,14H2,1H3,(H,24,28). The number of amides is 1. The SMILES string of the molecule is CN1CCOc2ccc(C(=O)Nc3ccc4oc(N5CCC56CCOC6)nc4c3)cc21. The smallest absolute Gasteiger partial charge is 0.298 e. The molecule has 31 heavy (non-hydrogen) atoms. The van der Waals surface area contributed by atoms with E-state index >= 15 is 0 Å². The molecule has 3 aromatic rings. The molecule has 2 fully saturated rings. The highest BCUT2D eigenvalue weighted by molar-refractivity contribution is 6.05. The van der Waals surface area contributed by atoms with Crippen LogP contribution in [-0.4, -0.2) is 56.4 Å². The van der Waals surface area contributed by atoms with Crippen molar-refractivity contribution in [1.29, 1.82) is 0 Å². The van der Waals surface area contributed by atoms with Gasteiger partial charge in [-0.2, -0.15) is 4.98 Å². The summed E-state index contributed by atoms with van der Waals surface area (Å²) in [6.07, 6.45) is 2.11. The Hall–Kier alpha value is -3.26. The number of ether oxygens (including phenoxy) is 2. The highest BCUT2D eigenvalue weighted by Gasteiger charge is 2.49. The first kappa shape index (κ1) is 18.5. The second-order valence-corrected chi connectivity index (χ2v) is 8.51. The molecule has 0 radical (unpaired) electrons. The van der Waals surface area contributed by atoms with Crippen molar-refractivity contribution in [2.24, 2.45) is 0 Å². The third-order valence-electron chi connectivity index (χ3n) is 6.64. The number of rotatable bonds is 3. The second kappa shape index (κ2) is 6.88. The fourth-order valence-electron chi connectivity index (χ4n) is 4.65. The van der Waals surface area contributed by atoms with E-state index in [0.29, 0.717) is 29.5 Å². The van der Waals surface area contributed by atoms with Gasteiger partial charge in [0.15, 0.2) is 5.58 Å². The molecule has 2 aromatic carbocycles. The van der Waals surface area contributed by atoms with Crippen LogP contribution >= 0.6 is 0 Å². The number of fused-ring (bicyclic) bond motifs is 2. The van der Waals surface area contributed by atoms with Crippen molar-refractivity contribution in [3.8, 4) is 5.75 Å². The molecule has 1 unspecified atom stereocenters. The molecule has 8 heteroatoms. The molecule has 1 N–H and O–H groups in total. The summed E-state index contributed by atoms with van der Waals surface area (Å²) in [4.78, 5) is 21.8. The first-order valence-electron chi connectivity index (χ1n) is 10.7. The number of anilines is 3. The molecule has 2 saturated heterocycles. The Bertz CT molecular complexity index is 1170. The van der Waals surface area contributed by atoms with Crippen molar-refractivity contribution in [3.05, 3.63) is 42.0 Å². The van der Waals surface area contributed by atoms with Gasteiger partial charge in [-0.05, 0) is 49.2 Å². The minimum absolute atomic E-state index is 0.0429. The number of carbonyl (C=O) groups excluding carboxylic acids is 1. The van der Waals surface area contributed by atoms with Gasteiger partial charge in [0, 0.05) is 31.5 Å². The molecule has 4 heterocycles. The van der Waals surface area contributed by atoms with Crippen LogP contribution in [0.5, 0.6) is 5.75 Å². The highest BCUT2D eigenvalue weighted by Crippen LogP contribution is 2.42. The van der Waals surface area contributed by atoms with Crippen molar-refractivity contribution >= 4 is 34.4 Å². The Balaban J connectivity index is 1.23. The number of benzene rings is 2. The number of nitrogens with zero attached hydrogens (tertiary/aromatic N) is 3. The summed E-state index contributed by atoms with van der Waals surface area (Å²) in [7, 11) is 2.00. The first-order chi connectivity index (χ1) is 15.1. The first-order valence-corrected chi connectivity index (χ1v) is 10.7. The fraction of sp³-hybridized carbons (Fsp3) is 0.391. The Kier molecular flexibility index (Phi) is 4.11. The summed E-state index contributed by atoms with van der Waals surface area (Å²) in [5, 5.41) is 2.97. The quantitative estimate of drug-likeness (QED) is 0.697. The molecule has 3 aliphatic rings. The third kappa shape index (κ3) is 3.01. The van der Waals surface area contributed by atoms with Crippen molar-refractivity contribution in [1.82, 2.24) is 4.98 Å². The molecule has 0 bridgehead atoms. The molecule has 1 spiro atoms. The topological polar surface area (TPSA) is 80.1 Å². The lowest BCUT2D eigenvalue weighted by Gasteiger charge is -2.48. The third-order valence-corrected chi connectivity index (χ3v) is 6.64. The number of carbonyl (C=O) groups is 1. The lowest BCUT2D eigenvalue weighted by atomic mass is 9.84. The Morgan fingerprint density at radius 3 is 2.87 bits per heavy atom. The van der Waals surface area contributed by atoms with Crippen LogP contribution in [-0.2, 0) is 4.74 Å². The van der Waals surface area contributed by atoms with Crippen LogP contribution in [0.4, 0.5) is 17.4 Å². The number of likely N-dealkylation sites (N-methyl/N-ethyl adjacent to an activating group) is 1. The zero-order valence-electron chi connectivity index (χ0n) is 17.4. The lowest BCUT2D eigenvalue weighted by Crippen LogP contribution is -2.61. The predicted molar refractivity (Wildman–Crippen MR) is 117 cm³/mol. The summed E-state index contributed by atoms with van der Waals surface area (Å²) in [6.45, 7) is 3.90. The molecule has 160 valence electrons. The molecule has 1 atom stereocenters. The van der Waals surface area contributed by atoms with E-state index in [1.54, 1.807) is 6.07 Å². The molecule has 0 saturated carbocycles. The van der Waals surface area contributed by atoms with E-state index in [1.807, 2.05) is 37.4 Å². The van der Waals surface area contributed by atoms with Gasteiger partial charge in [0.05, 0.1) is 24.4 Å².